The Kier molecular flexibility index (Phi) is 8.61. The summed E-state index contributed by atoms with van der Waals surface area (Å²) in [6.07, 6.45) is 15.0. The average Bonchev–Trinajstić information content (AvgIpc) is 2.38. The van der Waals surface area contributed by atoms with Crippen LogP contribution in [0.15, 0.2) is 70.4 Å². The van der Waals surface area contributed by atoms with Gasteiger partial charge in [0.25, 0.3) is 0 Å². The second-order valence-corrected chi connectivity index (χ2v) is 5.17. The molecule has 0 aromatic carbocycles. The molecular weight excluding hydrogens is 228 g/mol. The van der Waals surface area contributed by atoms with Crippen molar-refractivity contribution in [3.63, 3.8) is 0 Å². The molecule has 0 aromatic rings. The van der Waals surface area contributed by atoms with E-state index in [2.05, 4.69) is 78.0 Å². The minimum atomic E-state index is 1.30. The molecule has 0 heterocycles. The predicted molar refractivity (Wildman–Crippen MR) is 89.3 cm³/mol. The maximum absolute atomic E-state index is 2.19. The van der Waals surface area contributed by atoms with Gasteiger partial charge in [-0.15, -0.1) is 0 Å². The smallest absolute Gasteiger partial charge is 0.0395 e. The van der Waals surface area contributed by atoms with Gasteiger partial charge in [-0.1, -0.05) is 48.1 Å². The number of hydrogen-bond acceptors (Lipinski definition) is 0. The van der Waals surface area contributed by atoms with Gasteiger partial charge in [-0.05, 0) is 70.8 Å². The van der Waals surface area contributed by atoms with Crippen molar-refractivity contribution in [2.24, 2.45) is 0 Å². The van der Waals surface area contributed by atoms with Crippen molar-refractivity contribution in [3.05, 3.63) is 70.4 Å². The van der Waals surface area contributed by atoms with Crippen LogP contribution in [0.3, 0.4) is 0 Å². The third kappa shape index (κ3) is 8.20. The van der Waals surface area contributed by atoms with Crippen molar-refractivity contribution < 1.29 is 0 Å². The molecule has 0 spiro atoms. The minimum Gasteiger partial charge on any atom is -0.0877 e. The molecule has 0 aromatic heterocycles. The topological polar surface area (TPSA) is 0 Å². The first-order valence-corrected chi connectivity index (χ1v) is 6.85. The summed E-state index contributed by atoms with van der Waals surface area (Å²) in [6.45, 7) is 14.8. The van der Waals surface area contributed by atoms with E-state index in [0.717, 1.165) is 0 Å². The van der Waals surface area contributed by atoms with Gasteiger partial charge in [-0.2, -0.15) is 0 Å². The minimum absolute atomic E-state index is 1.30. The lowest BCUT2D eigenvalue weighted by atomic mass is 10.0. The summed E-state index contributed by atoms with van der Waals surface area (Å²) >= 11 is 0. The highest BCUT2D eigenvalue weighted by molar-refractivity contribution is 5.38. The lowest BCUT2D eigenvalue weighted by molar-refractivity contribution is 1.31. The first-order valence-electron chi connectivity index (χ1n) is 6.85. The van der Waals surface area contributed by atoms with Gasteiger partial charge in [0.2, 0.25) is 0 Å². The Bertz CT molecular complexity index is 456. The largest absolute Gasteiger partial charge is 0.0877 e. The summed E-state index contributed by atoms with van der Waals surface area (Å²) in [5, 5.41) is 0. The van der Waals surface area contributed by atoms with Crippen molar-refractivity contribution >= 4 is 0 Å². The zero-order valence-electron chi connectivity index (χ0n) is 13.5. The third-order valence-corrected chi connectivity index (χ3v) is 3.03. The highest BCUT2D eigenvalue weighted by Gasteiger charge is 1.92. The van der Waals surface area contributed by atoms with Crippen molar-refractivity contribution in [1.29, 1.82) is 0 Å². The Balaban J connectivity index is 4.97. The van der Waals surface area contributed by atoms with Crippen LogP contribution in [0.5, 0.6) is 0 Å². The molecule has 0 fully saturated rings. The summed E-state index contributed by atoms with van der Waals surface area (Å²) in [4.78, 5) is 0. The lowest BCUT2D eigenvalue weighted by Crippen LogP contribution is -1.81. The molecule has 104 valence electrons. The lowest BCUT2D eigenvalue weighted by Gasteiger charge is -2.01. The summed E-state index contributed by atoms with van der Waals surface area (Å²) in [5.41, 5.74) is 6.53. The normalized spacial score (nSPS) is 15.1. The second kappa shape index (κ2) is 9.38. The van der Waals surface area contributed by atoms with E-state index in [1.54, 1.807) is 0 Å². The molecule has 0 amide bonds. The van der Waals surface area contributed by atoms with Crippen LogP contribution < -0.4 is 0 Å². The molecule has 0 aliphatic rings. The van der Waals surface area contributed by atoms with Crippen LogP contribution in [-0.2, 0) is 0 Å². The van der Waals surface area contributed by atoms with Gasteiger partial charge in [0, 0.05) is 0 Å². The Morgan fingerprint density at radius 3 is 1.26 bits per heavy atom. The maximum Gasteiger partial charge on any atom is -0.0395 e. The second-order valence-electron chi connectivity index (χ2n) is 5.17. The summed E-state index contributed by atoms with van der Waals surface area (Å²) in [7, 11) is 0. The van der Waals surface area contributed by atoms with Gasteiger partial charge in [0.05, 0.1) is 0 Å². The van der Waals surface area contributed by atoms with Crippen molar-refractivity contribution in [2.75, 3.05) is 0 Å². The van der Waals surface area contributed by atoms with Crippen LogP contribution in [0.2, 0.25) is 0 Å². The highest BCUT2D eigenvalue weighted by atomic mass is 14.0. The van der Waals surface area contributed by atoms with Crippen LogP contribution in [0.1, 0.15) is 48.5 Å². The van der Waals surface area contributed by atoms with Crippen molar-refractivity contribution in [2.45, 2.75) is 48.5 Å². The van der Waals surface area contributed by atoms with E-state index in [9.17, 15) is 0 Å². The third-order valence-electron chi connectivity index (χ3n) is 3.03. The summed E-state index contributed by atoms with van der Waals surface area (Å²) < 4.78 is 0. The number of rotatable bonds is 5. The van der Waals surface area contributed by atoms with E-state index < -0.39 is 0 Å². The summed E-state index contributed by atoms with van der Waals surface area (Å²) in [6, 6.07) is 0. The molecule has 19 heavy (non-hydrogen) atoms. The highest BCUT2D eigenvalue weighted by Crippen LogP contribution is 2.13. The standard InChI is InChI=1S/C19H28/c1-8-9-10-16(4)18(6)13-14-19(7)17(5)12-11-15(2)3/h8-14H,1-7H3. The van der Waals surface area contributed by atoms with E-state index >= 15 is 0 Å². The molecule has 0 rings (SSSR count). The molecule has 0 saturated carbocycles. The zero-order valence-corrected chi connectivity index (χ0v) is 13.5. The zero-order chi connectivity index (χ0) is 14.8. The maximum atomic E-state index is 2.19. The molecule has 0 heteroatoms. The van der Waals surface area contributed by atoms with Crippen LogP contribution in [0.25, 0.3) is 0 Å². The predicted octanol–water partition coefficient (Wildman–Crippen LogP) is 6.31. The van der Waals surface area contributed by atoms with E-state index in [-0.39, 0.29) is 0 Å². The van der Waals surface area contributed by atoms with Gasteiger partial charge in [-0.25, -0.2) is 0 Å². The van der Waals surface area contributed by atoms with Gasteiger partial charge in [0.15, 0.2) is 0 Å². The monoisotopic (exact) mass is 256 g/mol. The average molecular weight is 256 g/mol. The number of hydrogen-bond donors (Lipinski definition) is 0. The van der Waals surface area contributed by atoms with Crippen molar-refractivity contribution in [3.8, 4) is 0 Å². The fourth-order valence-corrected chi connectivity index (χ4v) is 1.31. The first-order chi connectivity index (χ1) is 8.88. The van der Waals surface area contributed by atoms with E-state index in [1.807, 2.05) is 13.0 Å². The van der Waals surface area contributed by atoms with E-state index in [0.29, 0.717) is 0 Å². The molecule has 0 aliphatic carbocycles. The Morgan fingerprint density at radius 2 is 0.895 bits per heavy atom. The SMILES string of the molecule is CC=CC=C(C)C(C)=CC=C(C)C(C)=CC=C(C)C. The molecule has 0 saturated heterocycles. The van der Waals surface area contributed by atoms with Gasteiger partial charge in [0.1, 0.15) is 0 Å². The number of allylic oxidation sites excluding steroid dienone is 12. The Morgan fingerprint density at radius 1 is 0.526 bits per heavy atom. The van der Waals surface area contributed by atoms with Crippen LogP contribution in [0.4, 0.5) is 0 Å². The van der Waals surface area contributed by atoms with Crippen LogP contribution in [0, 0.1) is 0 Å². The molecule has 0 radical (unpaired) electrons. The van der Waals surface area contributed by atoms with Gasteiger partial charge in [-0.3, -0.25) is 0 Å². The van der Waals surface area contributed by atoms with Gasteiger partial charge >= 0.3 is 0 Å². The van der Waals surface area contributed by atoms with E-state index in [4.69, 9.17) is 0 Å². The molecule has 0 atom stereocenters. The van der Waals surface area contributed by atoms with Crippen LogP contribution >= 0.6 is 0 Å². The van der Waals surface area contributed by atoms with Crippen molar-refractivity contribution in [1.82, 2.24) is 0 Å². The molecule has 0 bridgehead atoms. The Hall–Kier alpha value is -1.56. The Labute approximate surface area is 119 Å². The van der Waals surface area contributed by atoms with Gasteiger partial charge < -0.3 is 0 Å². The quantitative estimate of drug-likeness (QED) is 0.505. The summed E-state index contributed by atoms with van der Waals surface area (Å²) in [5.74, 6) is 0. The molecule has 0 unspecified atom stereocenters. The molecular formula is C19H28. The molecule has 0 aliphatic heterocycles. The fourth-order valence-electron chi connectivity index (χ4n) is 1.31. The fraction of sp³-hybridized carbons (Fsp3) is 0.368. The molecule has 0 nitrogen and oxygen atoms in total. The van der Waals surface area contributed by atoms with E-state index in [1.165, 1.54) is 27.9 Å². The van der Waals surface area contributed by atoms with Crippen LogP contribution in [-0.4, -0.2) is 0 Å². The molecule has 0 N–H and O–H groups in total. The first kappa shape index (κ1) is 17.4.